The molecule has 0 N–H and O–H groups in total. The van der Waals surface area contributed by atoms with Crippen LogP contribution in [0.1, 0.15) is 46.5 Å². The summed E-state index contributed by atoms with van der Waals surface area (Å²) in [6.45, 7) is 6.43. The number of halogens is 1. The Morgan fingerprint density at radius 3 is 2.29 bits per heavy atom. The lowest BCUT2D eigenvalue weighted by Gasteiger charge is -2.23. The van der Waals surface area contributed by atoms with E-state index in [0.717, 1.165) is 12.2 Å². The molecule has 0 aromatic heterocycles. The molecule has 3 heteroatoms. The Balaban J connectivity index is 3.97. The fourth-order valence-electron chi connectivity index (χ4n) is 1.65. The minimum absolute atomic E-state index is 0.165. The first-order chi connectivity index (χ1) is 6.79. The topological polar surface area (TPSA) is 0 Å². The van der Waals surface area contributed by atoms with Crippen LogP contribution in [0.25, 0.3) is 0 Å². The molecule has 0 aliphatic carbocycles. The fourth-order valence-corrected chi connectivity index (χ4v) is 4.32. The summed E-state index contributed by atoms with van der Waals surface area (Å²) in [5.41, 5.74) is 0. The second-order valence-corrected chi connectivity index (χ2v) is 6.37. The van der Waals surface area contributed by atoms with E-state index in [1.54, 1.807) is 0 Å². The minimum atomic E-state index is -0.165. The van der Waals surface area contributed by atoms with Crippen molar-refractivity contribution >= 4 is 21.6 Å². The number of hydrogen-bond donors (Lipinski definition) is 0. The van der Waals surface area contributed by atoms with Crippen LogP contribution in [0.4, 0.5) is 4.39 Å². The molecule has 2 atom stereocenters. The summed E-state index contributed by atoms with van der Waals surface area (Å²) in [6, 6.07) is 0. The van der Waals surface area contributed by atoms with Gasteiger partial charge in [0.05, 0.1) is 6.67 Å². The molecule has 0 saturated heterocycles. The molecule has 0 bridgehead atoms. The molecule has 0 spiro atoms. The molecule has 0 amide bonds. The molecule has 0 aliphatic heterocycles. The summed E-state index contributed by atoms with van der Waals surface area (Å²) in [4.78, 5) is 0. The van der Waals surface area contributed by atoms with Gasteiger partial charge in [0.2, 0.25) is 0 Å². The molecule has 0 nitrogen and oxygen atoms in total. The van der Waals surface area contributed by atoms with Crippen molar-refractivity contribution in [1.29, 1.82) is 0 Å². The zero-order valence-electron chi connectivity index (χ0n) is 9.59. The standard InChI is InChI=1S/C11H23FS2/c1-4-7-10(5-2)11(8-9-12)14-13-6-3/h10-11H,4-9H2,1-3H3/t10?,11-/m1/s1. The summed E-state index contributed by atoms with van der Waals surface area (Å²) >= 11 is 0. The smallest absolute Gasteiger partial charge is 0.0905 e. The molecule has 86 valence electrons. The normalized spacial score (nSPS) is 15.4. The van der Waals surface area contributed by atoms with Crippen molar-refractivity contribution in [3.63, 3.8) is 0 Å². The fraction of sp³-hybridized carbons (Fsp3) is 1.00. The van der Waals surface area contributed by atoms with Crippen LogP contribution in [0.2, 0.25) is 0 Å². The van der Waals surface area contributed by atoms with Gasteiger partial charge in [0.15, 0.2) is 0 Å². The molecule has 0 aliphatic rings. The van der Waals surface area contributed by atoms with Gasteiger partial charge in [-0.05, 0) is 18.8 Å². The summed E-state index contributed by atoms with van der Waals surface area (Å²) in [5, 5.41) is 0.523. The van der Waals surface area contributed by atoms with Gasteiger partial charge in [-0.2, -0.15) is 0 Å². The average molecular weight is 238 g/mol. The van der Waals surface area contributed by atoms with Gasteiger partial charge < -0.3 is 0 Å². The lowest BCUT2D eigenvalue weighted by Crippen LogP contribution is -2.16. The van der Waals surface area contributed by atoms with E-state index < -0.39 is 0 Å². The van der Waals surface area contributed by atoms with Gasteiger partial charge in [-0.1, -0.05) is 55.2 Å². The monoisotopic (exact) mass is 238 g/mol. The van der Waals surface area contributed by atoms with Gasteiger partial charge in [0.1, 0.15) is 0 Å². The first-order valence-corrected chi connectivity index (χ1v) is 8.02. The highest BCUT2D eigenvalue weighted by Crippen LogP contribution is 2.36. The third-order valence-corrected chi connectivity index (χ3v) is 5.51. The van der Waals surface area contributed by atoms with E-state index in [4.69, 9.17) is 0 Å². The molecule has 0 aromatic carbocycles. The summed E-state index contributed by atoms with van der Waals surface area (Å²) in [7, 11) is 3.77. The van der Waals surface area contributed by atoms with Crippen LogP contribution in [0.5, 0.6) is 0 Å². The maximum atomic E-state index is 12.4. The minimum Gasteiger partial charge on any atom is -0.251 e. The van der Waals surface area contributed by atoms with E-state index in [0.29, 0.717) is 11.2 Å². The number of hydrogen-bond acceptors (Lipinski definition) is 2. The highest BCUT2D eigenvalue weighted by molar-refractivity contribution is 8.76. The van der Waals surface area contributed by atoms with Crippen molar-refractivity contribution in [1.82, 2.24) is 0 Å². The van der Waals surface area contributed by atoms with Crippen LogP contribution >= 0.6 is 21.6 Å². The van der Waals surface area contributed by atoms with Crippen LogP contribution in [-0.4, -0.2) is 17.7 Å². The van der Waals surface area contributed by atoms with Gasteiger partial charge in [-0.3, -0.25) is 4.39 Å². The predicted octanol–water partition coefficient (Wildman–Crippen LogP) is 4.94. The number of alkyl halides is 1. The third-order valence-electron chi connectivity index (χ3n) is 2.41. The summed E-state index contributed by atoms with van der Waals surface area (Å²) < 4.78 is 12.4. The van der Waals surface area contributed by atoms with Gasteiger partial charge in [0, 0.05) is 11.0 Å². The Hall–Kier alpha value is 0.630. The second kappa shape index (κ2) is 10.2. The van der Waals surface area contributed by atoms with E-state index in [9.17, 15) is 4.39 Å². The van der Waals surface area contributed by atoms with Crippen molar-refractivity contribution < 1.29 is 4.39 Å². The predicted molar refractivity (Wildman–Crippen MR) is 68.8 cm³/mol. The average Bonchev–Trinajstić information content (AvgIpc) is 2.21. The van der Waals surface area contributed by atoms with E-state index >= 15 is 0 Å². The largest absolute Gasteiger partial charge is 0.251 e. The van der Waals surface area contributed by atoms with Crippen LogP contribution in [0, 0.1) is 5.92 Å². The molecule has 0 rings (SSSR count). The molecule has 14 heavy (non-hydrogen) atoms. The van der Waals surface area contributed by atoms with E-state index in [-0.39, 0.29) is 6.67 Å². The zero-order chi connectivity index (χ0) is 10.8. The van der Waals surface area contributed by atoms with Crippen molar-refractivity contribution in [2.24, 2.45) is 5.92 Å². The lowest BCUT2D eigenvalue weighted by molar-refractivity contribution is 0.388. The third kappa shape index (κ3) is 6.18. The van der Waals surface area contributed by atoms with Crippen LogP contribution in [0.3, 0.4) is 0 Å². The Bertz CT molecular complexity index is 120. The first kappa shape index (κ1) is 14.6. The van der Waals surface area contributed by atoms with Crippen LogP contribution in [0.15, 0.2) is 0 Å². The number of rotatable bonds is 9. The van der Waals surface area contributed by atoms with Gasteiger partial charge in [-0.15, -0.1) is 0 Å². The van der Waals surface area contributed by atoms with E-state index in [1.165, 1.54) is 19.3 Å². The molecule has 0 heterocycles. The van der Waals surface area contributed by atoms with Gasteiger partial charge in [-0.25, -0.2) is 0 Å². The molecular weight excluding hydrogens is 215 g/mol. The SMILES string of the molecule is CCCC(CC)[C@@H](CCF)SSCC. The quantitative estimate of drug-likeness (QED) is 0.522. The van der Waals surface area contributed by atoms with E-state index in [2.05, 4.69) is 20.8 Å². The van der Waals surface area contributed by atoms with Crippen LogP contribution in [-0.2, 0) is 0 Å². The highest BCUT2D eigenvalue weighted by Gasteiger charge is 2.19. The van der Waals surface area contributed by atoms with Crippen molar-refractivity contribution in [2.75, 3.05) is 12.4 Å². The van der Waals surface area contributed by atoms with Crippen LogP contribution < -0.4 is 0 Å². The molecule has 0 fully saturated rings. The molecule has 0 aromatic rings. The summed E-state index contributed by atoms with van der Waals surface area (Å²) in [6.07, 6.45) is 4.39. The summed E-state index contributed by atoms with van der Waals surface area (Å²) in [5.74, 6) is 1.83. The Kier molecular flexibility index (Phi) is 10.6. The maximum Gasteiger partial charge on any atom is 0.0905 e. The van der Waals surface area contributed by atoms with Gasteiger partial charge in [0.25, 0.3) is 0 Å². The Morgan fingerprint density at radius 2 is 1.86 bits per heavy atom. The molecular formula is C11H23FS2. The first-order valence-electron chi connectivity index (χ1n) is 5.64. The Morgan fingerprint density at radius 1 is 1.14 bits per heavy atom. The lowest BCUT2D eigenvalue weighted by atomic mass is 9.95. The van der Waals surface area contributed by atoms with Gasteiger partial charge >= 0.3 is 0 Å². The second-order valence-electron chi connectivity index (χ2n) is 3.48. The maximum absolute atomic E-state index is 12.4. The van der Waals surface area contributed by atoms with E-state index in [1.807, 2.05) is 21.6 Å². The highest BCUT2D eigenvalue weighted by atomic mass is 33.1. The van der Waals surface area contributed by atoms with Crippen molar-refractivity contribution in [3.8, 4) is 0 Å². The van der Waals surface area contributed by atoms with Crippen molar-refractivity contribution in [2.45, 2.75) is 51.7 Å². The Labute approximate surface area is 96.2 Å². The van der Waals surface area contributed by atoms with Crippen molar-refractivity contribution in [3.05, 3.63) is 0 Å². The molecule has 1 unspecified atom stereocenters. The molecule has 0 saturated carbocycles. The zero-order valence-corrected chi connectivity index (χ0v) is 11.2. The molecule has 0 radical (unpaired) electrons.